The monoisotopic (exact) mass is 313 g/mol. The van der Waals surface area contributed by atoms with Crippen LogP contribution >= 0.6 is 11.3 Å². The van der Waals surface area contributed by atoms with Gasteiger partial charge in [0.15, 0.2) is 4.96 Å². The Kier molecular flexibility index (Phi) is 3.63. The first-order chi connectivity index (χ1) is 10.8. The van der Waals surface area contributed by atoms with Gasteiger partial charge in [0.2, 0.25) is 0 Å². The van der Waals surface area contributed by atoms with Crippen LogP contribution in [0.2, 0.25) is 0 Å². The molecule has 0 aromatic carbocycles. The third kappa shape index (κ3) is 2.53. The molecule has 3 aromatic heterocycles. The third-order valence-electron chi connectivity index (χ3n) is 4.46. The van der Waals surface area contributed by atoms with E-state index in [2.05, 4.69) is 48.8 Å². The van der Waals surface area contributed by atoms with Gasteiger partial charge in [-0.1, -0.05) is 0 Å². The fourth-order valence-electron chi connectivity index (χ4n) is 3.33. The normalized spacial score (nSPS) is 19.8. The number of aromatic nitrogens is 4. The van der Waals surface area contributed by atoms with Crippen molar-refractivity contribution in [3.63, 3.8) is 0 Å². The number of fused-ring (bicyclic) bond motifs is 1. The van der Waals surface area contributed by atoms with E-state index in [1.165, 1.54) is 24.2 Å². The Balaban J connectivity index is 1.53. The summed E-state index contributed by atoms with van der Waals surface area (Å²) in [6, 6.07) is 2.05. The topological polar surface area (TPSA) is 46.3 Å². The van der Waals surface area contributed by atoms with Crippen LogP contribution in [0, 0.1) is 6.92 Å². The van der Waals surface area contributed by atoms with Gasteiger partial charge in [-0.25, -0.2) is 15.0 Å². The van der Waals surface area contributed by atoms with Gasteiger partial charge in [0.25, 0.3) is 0 Å². The number of imidazole rings is 1. The second-order valence-corrected chi connectivity index (χ2v) is 6.78. The van der Waals surface area contributed by atoms with Gasteiger partial charge in [-0.3, -0.25) is 9.30 Å². The van der Waals surface area contributed by atoms with Crippen LogP contribution in [0.5, 0.6) is 0 Å². The Bertz CT molecular complexity index is 763. The van der Waals surface area contributed by atoms with Crippen LogP contribution in [0.15, 0.2) is 30.2 Å². The van der Waals surface area contributed by atoms with E-state index in [0.29, 0.717) is 5.92 Å². The van der Waals surface area contributed by atoms with Gasteiger partial charge < -0.3 is 0 Å². The minimum absolute atomic E-state index is 0.517. The second-order valence-electron chi connectivity index (χ2n) is 5.91. The van der Waals surface area contributed by atoms with E-state index in [1.807, 2.05) is 6.20 Å². The summed E-state index contributed by atoms with van der Waals surface area (Å²) >= 11 is 1.70. The summed E-state index contributed by atoms with van der Waals surface area (Å²) in [5.74, 6) is 0.517. The first-order valence-corrected chi connectivity index (χ1v) is 8.58. The molecule has 0 radical (unpaired) electrons. The lowest BCUT2D eigenvalue weighted by Crippen LogP contribution is -2.34. The highest BCUT2D eigenvalue weighted by atomic mass is 32.1. The van der Waals surface area contributed by atoms with Crippen molar-refractivity contribution in [3.8, 4) is 0 Å². The maximum atomic E-state index is 4.65. The number of nitrogens with zero attached hydrogens (tertiary/aromatic N) is 5. The zero-order valence-electron chi connectivity index (χ0n) is 12.6. The molecular formula is C16H19N5S. The molecule has 22 heavy (non-hydrogen) atoms. The van der Waals surface area contributed by atoms with Gasteiger partial charge in [0, 0.05) is 42.5 Å². The Morgan fingerprint density at radius 3 is 3.23 bits per heavy atom. The van der Waals surface area contributed by atoms with Crippen LogP contribution in [-0.4, -0.2) is 37.3 Å². The molecule has 0 saturated carbocycles. The Morgan fingerprint density at radius 1 is 1.41 bits per heavy atom. The van der Waals surface area contributed by atoms with Gasteiger partial charge in [-0.15, -0.1) is 11.3 Å². The number of hydrogen-bond acceptors (Lipinski definition) is 5. The van der Waals surface area contributed by atoms with E-state index < -0.39 is 0 Å². The fraction of sp³-hybridized carbons (Fsp3) is 0.438. The summed E-state index contributed by atoms with van der Waals surface area (Å²) in [6.45, 7) is 5.29. The number of piperidine rings is 1. The van der Waals surface area contributed by atoms with Gasteiger partial charge in [-0.05, 0) is 32.4 Å². The zero-order chi connectivity index (χ0) is 14.9. The summed E-state index contributed by atoms with van der Waals surface area (Å²) in [7, 11) is 0. The molecule has 3 aromatic rings. The highest BCUT2D eigenvalue weighted by Crippen LogP contribution is 2.27. The minimum Gasteiger partial charge on any atom is -0.297 e. The maximum absolute atomic E-state index is 4.65. The molecule has 0 bridgehead atoms. The van der Waals surface area contributed by atoms with Crippen LogP contribution in [0.4, 0.5) is 0 Å². The average molecular weight is 313 g/mol. The number of thiazole rings is 1. The van der Waals surface area contributed by atoms with Crippen LogP contribution in [-0.2, 0) is 6.54 Å². The molecule has 1 aliphatic rings. The molecule has 0 spiro atoms. The fourth-order valence-corrected chi connectivity index (χ4v) is 4.10. The maximum Gasteiger partial charge on any atom is 0.194 e. The Hall–Kier alpha value is -1.79. The van der Waals surface area contributed by atoms with Crippen molar-refractivity contribution in [2.45, 2.75) is 32.2 Å². The van der Waals surface area contributed by atoms with Gasteiger partial charge in [0.05, 0.1) is 11.4 Å². The lowest BCUT2D eigenvalue weighted by atomic mass is 9.94. The lowest BCUT2D eigenvalue weighted by Gasteiger charge is -2.32. The molecule has 4 rings (SSSR count). The zero-order valence-corrected chi connectivity index (χ0v) is 13.5. The third-order valence-corrected chi connectivity index (χ3v) is 5.22. The molecule has 114 valence electrons. The van der Waals surface area contributed by atoms with E-state index in [0.717, 1.165) is 30.3 Å². The summed E-state index contributed by atoms with van der Waals surface area (Å²) in [5, 5.41) is 2.10. The molecular weight excluding hydrogens is 294 g/mol. The predicted molar refractivity (Wildman–Crippen MR) is 87.1 cm³/mol. The van der Waals surface area contributed by atoms with E-state index >= 15 is 0 Å². The Labute approximate surface area is 133 Å². The van der Waals surface area contributed by atoms with E-state index in [9.17, 15) is 0 Å². The first-order valence-electron chi connectivity index (χ1n) is 7.70. The number of aryl methyl sites for hydroxylation is 1. The number of hydrogen-bond donors (Lipinski definition) is 0. The molecule has 5 nitrogen and oxygen atoms in total. The van der Waals surface area contributed by atoms with Gasteiger partial charge in [0.1, 0.15) is 6.33 Å². The van der Waals surface area contributed by atoms with Crippen LogP contribution in [0.3, 0.4) is 0 Å². The molecule has 0 aliphatic carbocycles. The molecule has 1 fully saturated rings. The standard InChI is InChI=1S/C16H19N5S/c1-12-15(21-7-8-22-16(21)19-12)10-20-6-2-3-13(9-20)14-4-5-17-11-18-14/h4-5,7-8,11,13H,2-3,6,9-10H2,1H3. The van der Waals surface area contributed by atoms with Crippen LogP contribution in [0.25, 0.3) is 4.96 Å². The van der Waals surface area contributed by atoms with E-state index in [-0.39, 0.29) is 0 Å². The van der Waals surface area contributed by atoms with E-state index in [4.69, 9.17) is 0 Å². The highest BCUT2D eigenvalue weighted by Gasteiger charge is 2.23. The minimum atomic E-state index is 0.517. The summed E-state index contributed by atoms with van der Waals surface area (Å²) in [6.07, 6.45) is 8.06. The number of rotatable bonds is 3. The van der Waals surface area contributed by atoms with Crippen molar-refractivity contribution in [1.29, 1.82) is 0 Å². The molecule has 1 atom stereocenters. The van der Waals surface area contributed by atoms with Crippen molar-refractivity contribution >= 4 is 16.3 Å². The summed E-state index contributed by atoms with van der Waals surface area (Å²) in [5.41, 5.74) is 3.64. The first kappa shape index (κ1) is 13.8. The molecule has 6 heteroatoms. The molecule has 0 amide bonds. The summed E-state index contributed by atoms with van der Waals surface area (Å²) < 4.78 is 2.23. The average Bonchev–Trinajstić information content (AvgIpc) is 3.11. The van der Waals surface area contributed by atoms with Crippen molar-refractivity contribution in [1.82, 2.24) is 24.3 Å². The largest absolute Gasteiger partial charge is 0.297 e. The number of likely N-dealkylation sites (tertiary alicyclic amines) is 1. The van der Waals surface area contributed by atoms with Gasteiger partial charge >= 0.3 is 0 Å². The van der Waals surface area contributed by atoms with Crippen molar-refractivity contribution in [2.24, 2.45) is 0 Å². The molecule has 1 unspecified atom stereocenters. The van der Waals surface area contributed by atoms with Crippen molar-refractivity contribution < 1.29 is 0 Å². The second kappa shape index (κ2) is 5.78. The quantitative estimate of drug-likeness (QED) is 0.746. The van der Waals surface area contributed by atoms with Gasteiger partial charge in [-0.2, -0.15) is 0 Å². The Morgan fingerprint density at radius 2 is 2.36 bits per heavy atom. The molecule has 1 saturated heterocycles. The van der Waals surface area contributed by atoms with Crippen molar-refractivity contribution in [2.75, 3.05) is 13.1 Å². The van der Waals surface area contributed by atoms with Crippen LogP contribution < -0.4 is 0 Å². The molecule has 1 aliphatic heterocycles. The SMILES string of the molecule is Cc1nc2sccn2c1CN1CCCC(c2ccncn2)C1. The van der Waals surface area contributed by atoms with E-state index in [1.54, 1.807) is 17.7 Å². The predicted octanol–water partition coefficient (Wildman–Crippen LogP) is 2.87. The lowest BCUT2D eigenvalue weighted by molar-refractivity contribution is 0.195. The summed E-state index contributed by atoms with van der Waals surface area (Å²) in [4.78, 5) is 16.7. The molecule has 0 N–H and O–H groups in total. The smallest absolute Gasteiger partial charge is 0.194 e. The van der Waals surface area contributed by atoms with Crippen molar-refractivity contribution in [3.05, 3.63) is 47.2 Å². The molecule has 4 heterocycles. The van der Waals surface area contributed by atoms with Crippen LogP contribution in [0.1, 0.15) is 35.8 Å². The highest BCUT2D eigenvalue weighted by molar-refractivity contribution is 7.15.